The van der Waals surface area contributed by atoms with E-state index < -0.39 is 5.97 Å². The maximum atomic E-state index is 10.7. The molecule has 0 bridgehead atoms. The molecular weight excluding hydrogens is 296 g/mol. The van der Waals surface area contributed by atoms with Gasteiger partial charge in [-0.15, -0.1) is 0 Å². The molecule has 0 aromatic heterocycles. The van der Waals surface area contributed by atoms with Gasteiger partial charge in [-0.3, -0.25) is 0 Å². The van der Waals surface area contributed by atoms with Gasteiger partial charge in [-0.05, 0) is 18.6 Å². The number of rotatable bonds is 6. The molecule has 0 radical (unpaired) electrons. The highest BCUT2D eigenvalue weighted by Gasteiger charge is 2.18. The zero-order valence-electron chi connectivity index (χ0n) is 11.7. The topological polar surface area (TPSA) is 65.0 Å². The number of ether oxygens (including phenoxy) is 3. The van der Waals surface area contributed by atoms with Crippen molar-refractivity contribution in [1.82, 2.24) is 0 Å². The SMILES string of the molecule is COc1cc(Cl)cc(/C=C/C(=O)O)c1OCC1CCOC1. The molecule has 5 nitrogen and oxygen atoms in total. The molecule has 0 spiro atoms. The van der Waals surface area contributed by atoms with Gasteiger partial charge in [0.15, 0.2) is 11.5 Å². The van der Waals surface area contributed by atoms with Crippen LogP contribution in [0.25, 0.3) is 6.08 Å². The van der Waals surface area contributed by atoms with E-state index in [-0.39, 0.29) is 0 Å². The normalized spacial score (nSPS) is 18.1. The summed E-state index contributed by atoms with van der Waals surface area (Å²) in [5.41, 5.74) is 0.570. The first-order valence-corrected chi connectivity index (χ1v) is 6.97. The molecule has 1 N–H and O–H groups in total. The Morgan fingerprint density at radius 2 is 2.38 bits per heavy atom. The molecule has 1 unspecified atom stereocenters. The number of benzene rings is 1. The molecule has 0 aliphatic carbocycles. The summed E-state index contributed by atoms with van der Waals surface area (Å²) in [7, 11) is 1.52. The molecule has 1 aromatic rings. The van der Waals surface area contributed by atoms with Gasteiger partial charge in [0.2, 0.25) is 0 Å². The van der Waals surface area contributed by atoms with E-state index in [0.717, 1.165) is 19.1 Å². The molecule has 21 heavy (non-hydrogen) atoms. The molecular formula is C15H17ClO5. The second-order valence-corrected chi connectivity index (χ2v) is 5.18. The van der Waals surface area contributed by atoms with Crippen molar-refractivity contribution in [1.29, 1.82) is 0 Å². The number of carboxylic acids is 1. The van der Waals surface area contributed by atoms with E-state index in [1.807, 2.05) is 0 Å². The monoisotopic (exact) mass is 312 g/mol. The standard InChI is InChI=1S/C15H17ClO5/c1-19-13-7-12(16)6-11(2-3-14(17)18)15(13)21-9-10-4-5-20-8-10/h2-3,6-7,10H,4-5,8-9H2,1H3,(H,17,18)/b3-2+. The molecule has 1 heterocycles. The minimum Gasteiger partial charge on any atom is -0.493 e. The van der Waals surface area contributed by atoms with Gasteiger partial charge in [-0.2, -0.15) is 0 Å². The van der Waals surface area contributed by atoms with E-state index in [0.29, 0.717) is 41.2 Å². The highest BCUT2D eigenvalue weighted by atomic mass is 35.5. The van der Waals surface area contributed by atoms with E-state index in [4.69, 9.17) is 30.9 Å². The molecule has 2 rings (SSSR count). The third kappa shape index (κ3) is 4.37. The first-order chi connectivity index (χ1) is 10.1. The minimum absolute atomic E-state index is 0.335. The van der Waals surface area contributed by atoms with Gasteiger partial charge in [-0.25, -0.2) is 4.79 Å². The van der Waals surface area contributed by atoms with Crippen molar-refractivity contribution in [2.45, 2.75) is 6.42 Å². The van der Waals surface area contributed by atoms with Gasteiger partial charge in [-0.1, -0.05) is 11.6 Å². The molecule has 1 atom stereocenters. The Kier molecular flexibility index (Phi) is 5.47. The van der Waals surface area contributed by atoms with Gasteiger partial charge in [0.25, 0.3) is 0 Å². The van der Waals surface area contributed by atoms with Crippen molar-refractivity contribution in [3.05, 3.63) is 28.8 Å². The Labute approximate surface area is 128 Å². The second-order valence-electron chi connectivity index (χ2n) is 4.74. The molecule has 114 valence electrons. The number of methoxy groups -OCH3 is 1. The van der Waals surface area contributed by atoms with Crippen LogP contribution in [0, 0.1) is 5.92 Å². The average Bonchev–Trinajstić information content (AvgIpc) is 2.96. The Morgan fingerprint density at radius 1 is 1.57 bits per heavy atom. The summed E-state index contributed by atoms with van der Waals surface area (Å²) in [6.07, 6.45) is 3.43. The minimum atomic E-state index is -1.04. The molecule has 0 saturated carbocycles. The van der Waals surface area contributed by atoms with Gasteiger partial charge in [0.1, 0.15) is 0 Å². The van der Waals surface area contributed by atoms with Crippen LogP contribution in [0.3, 0.4) is 0 Å². The Bertz CT molecular complexity index is 535. The highest BCUT2D eigenvalue weighted by molar-refractivity contribution is 6.31. The lowest BCUT2D eigenvalue weighted by Gasteiger charge is -2.16. The molecule has 1 saturated heterocycles. The summed E-state index contributed by atoms with van der Waals surface area (Å²) in [5.74, 6) is 0.267. The predicted molar refractivity (Wildman–Crippen MR) is 79.1 cm³/mol. The van der Waals surface area contributed by atoms with Gasteiger partial charge in [0, 0.05) is 35.3 Å². The van der Waals surface area contributed by atoms with Crippen LogP contribution in [0.5, 0.6) is 11.5 Å². The summed E-state index contributed by atoms with van der Waals surface area (Å²) in [6.45, 7) is 1.92. The van der Waals surface area contributed by atoms with Crippen LogP contribution in [0.15, 0.2) is 18.2 Å². The largest absolute Gasteiger partial charge is 0.493 e. The smallest absolute Gasteiger partial charge is 0.328 e. The van der Waals surface area contributed by atoms with E-state index >= 15 is 0 Å². The van der Waals surface area contributed by atoms with Gasteiger partial charge < -0.3 is 19.3 Å². The number of hydrogen-bond acceptors (Lipinski definition) is 4. The van der Waals surface area contributed by atoms with Gasteiger partial charge in [0.05, 0.1) is 20.3 Å². The summed E-state index contributed by atoms with van der Waals surface area (Å²) in [6, 6.07) is 3.28. The maximum Gasteiger partial charge on any atom is 0.328 e. The van der Waals surface area contributed by atoms with Crippen LogP contribution in [-0.2, 0) is 9.53 Å². The van der Waals surface area contributed by atoms with Crippen molar-refractivity contribution in [3.8, 4) is 11.5 Å². The number of carboxylic acid groups (broad SMARTS) is 1. The third-order valence-corrected chi connectivity index (χ3v) is 3.38. The van der Waals surface area contributed by atoms with Crippen molar-refractivity contribution in [3.63, 3.8) is 0 Å². The quantitative estimate of drug-likeness (QED) is 0.818. The van der Waals surface area contributed by atoms with Crippen LogP contribution in [-0.4, -0.2) is 38.0 Å². The highest BCUT2D eigenvalue weighted by Crippen LogP contribution is 2.36. The molecule has 1 aromatic carbocycles. The lowest BCUT2D eigenvalue weighted by Crippen LogP contribution is -2.12. The summed E-state index contributed by atoms with van der Waals surface area (Å²) >= 11 is 6.01. The first-order valence-electron chi connectivity index (χ1n) is 6.59. The molecule has 1 fully saturated rings. The molecule has 1 aliphatic rings. The lowest BCUT2D eigenvalue weighted by molar-refractivity contribution is -0.131. The van der Waals surface area contributed by atoms with E-state index in [1.54, 1.807) is 12.1 Å². The fourth-order valence-electron chi connectivity index (χ4n) is 2.10. The van der Waals surface area contributed by atoms with Crippen LogP contribution in [0.4, 0.5) is 0 Å². The van der Waals surface area contributed by atoms with Crippen molar-refractivity contribution >= 4 is 23.6 Å². The summed E-state index contributed by atoms with van der Waals surface area (Å²) in [5, 5.41) is 9.21. The zero-order valence-corrected chi connectivity index (χ0v) is 12.4. The number of aliphatic carboxylic acids is 1. The Morgan fingerprint density at radius 3 is 3.00 bits per heavy atom. The third-order valence-electron chi connectivity index (χ3n) is 3.16. The van der Waals surface area contributed by atoms with E-state index in [2.05, 4.69) is 0 Å². The summed E-state index contributed by atoms with van der Waals surface area (Å²) < 4.78 is 16.4. The van der Waals surface area contributed by atoms with Crippen molar-refractivity contribution < 1.29 is 24.1 Å². The number of halogens is 1. The van der Waals surface area contributed by atoms with Crippen molar-refractivity contribution in [2.75, 3.05) is 26.9 Å². The van der Waals surface area contributed by atoms with Crippen LogP contribution < -0.4 is 9.47 Å². The number of carbonyl (C=O) groups is 1. The van der Waals surface area contributed by atoms with E-state index in [1.165, 1.54) is 13.2 Å². The van der Waals surface area contributed by atoms with Crippen LogP contribution in [0.2, 0.25) is 5.02 Å². The first kappa shape index (κ1) is 15.7. The van der Waals surface area contributed by atoms with Crippen molar-refractivity contribution in [2.24, 2.45) is 5.92 Å². The number of hydrogen-bond donors (Lipinski definition) is 1. The van der Waals surface area contributed by atoms with Crippen LogP contribution in [0.1, 0.15) is 12.0 Å². The molecule has 6 heteroatoms. The summed E-state index contributed by atoms with van der Waals surface area (Å²) in [4.78, 5) is 10.7. The Hall–Kier alpha value is -1.72. The van der Waals surface area contributed by atoms with Gasteiger partial charge >= 0.3 is 5.97 Å². The van der Waals surface area contributed by atoms with Crippen LogP contribution >= 0.6 is 11.6 Å². The lowest BCUT2D eigenvalue weighted by atomic mass is 10.1. The predicted octanol–water partition coefficient (Wildman–Crippen LogP) is 2.86. The zero-order chi connectivity index (χ0) is 15.2. The fourth-order valence-corrected chi connectivity index (χ4v) is 2.31. The molecule has 1 aliphatic heterocycles. The second kappa shape index (κ2) is 7.33. The fraction of sp³-hybridized carbons (Fsp3) is 0.400. The Balaban J connectivity index is 2.23. The maximum absolute atomic E-state index is 10.7. The average molecular weight is 313 g/mol. The molecule has 0 amide bonds. The van der Waals surface area contributed by atoms with E-state index in [9.17, 15) is 4.79 Å².